The van der Waals surface area contributed by atoms with Gasteiger partial charge in [0.05, 0.1) is 6.61 Å². The second-order valence-electron chi connectivity index (χ2n) is 6.04. The van der Waals surface area contributed by atoms with Crippen molar-refractivity contribution in [1.82, 2.24) is 4.90 Å². The highest BCUT2D eigenvalue weighted by Gasteiger charge is 2.50. The van der Waals surface area contributed by atoms with Crippen molar-refractivity contribution in [3.63, 3.8) is 0 Å². The smallest absolute Gasteiger partial charge is 0.116 e. The van der Waals surface area contributed by atoms with Crippen LogP contribution in [0.5, 0.6) is 0 Å². The fraction of sp³-hybridized carbons (Fsp3) is 0.368. The highest BCUT2D eigenvalue weighted by atomic mass is 79.9. The van der Waals surface area contributed by atoms with Crippen molar-refractivity contribution in [2.75, 3.05) is 11.9 Å². The van der Waals surface area contributed by atoms with Gasteiger partial charge in [-0.3, -0.25) is 4.90 Å². The van der Waals surface area contributed by atoms with E-state index in [0.717, 1.165) is 25.0 Å². The van der Waals surface area contributed by atoms with Gasteiger partial charge in [-0.2, -0.15) is 0 Å². The lowest BCUT2D eigenvalue weighted by atomic mass is 10.0. The SMILES string of the molecule is C[C@H](N(Cc1ccccc1)Cc1ccccc1)[C@@]1(CBr)CO1. The number of ether oxygens (including phenoxy) is 1. The second kappa shape index (κ2) is 6.95. The summed E-state index contributed by atoms with van der Waals surface area (Å²) in [5.41, 5.74) is 2.66. The lowest BCUT2D eigenvalue weighted by molar-refractivity contribution is 0.117. The normalized spacial score (nSPS) is 21.8. The molecular formula is C19H22BrNO. The molecular weight excluding hydrogens is 338 g/mol. The minimum Gasteiger partial charge on any atom is -0.367 e. The number of nitrogens with zero attached hydrogens (tertiary/aromatic N) is 1. The Labute approximate surface area is 141 Å². The second-order valence-corrected chi connectivity index (χ2v) is 6.60. The first kappa shape index (κ1) is 15.7. The Morgan fingerprint density at radius 1 is 1.00 bits per heavy atom. The van der Waals surface area contributed by atoms with Crippen LogP contribution in [0.2, 0.25) is 0 Å². The number of hydrogen-bond acceptors (Lipinski definition) is 2. The number of alkyl halides is 1. The molecule has 0 bridgehead atoms. The van der Waals surface area contributed by atoms with Crippen LogP contribution in [0.1, 0.15) is 18.1 Å². The van der Waals surface area contributed by atoms with Crippen LogP contribution in [0.4, 0.5) is 0 Å². The molecule has 1 saturated heterocycles. The van der Waals surface area contributed by atoms with Crippen LogP contribution in [0.15, 0.2) is 60.7 Å². The Balaban J connectivity index is 1.79. The first-order valence-corrected chi connectivity index (χ1v) is 8.87. The maximum absolute atomic E-state index is 5.77. The van der Waals surface area contributed by atoms with Gasteiger partial charge in [0.2, 0.25) is 0 Å². The minimum atomic E-state index is -0.0242. The Bertz CT molecular complexity index is 541. The minimum absolute atomic E-state index is 0.0242. The van der Waals surface area contributed by atoms with Crippen molar-refractivity contribution in [2.24, 2.45) is 0 Å². The van der Waals surface area contributed by atoms with Crippen LogP contribution >= 0.6 is 15.9 Å². The maximum Gasteiger partial charge on any atom is 0.116 e. The van der Waals surface area contributed by atoms with Crippen molar-refractivity contribution in [3.05, 3.63) is 71.8 Å². The summed E-state index contributed by atoms with van der Waals surface area (Å²) in [5, 5.41) is 0.890. The van der Waals surface area contributed by atoms with Crippen LogP contribution in [0, 0.1) is 0 Å². The van der Waals surface area contributed by atoms with Gasteiger partial charge in [0.1, 0.15) is 5.60 Å². The van der Waals surface area contributed by atoms with E-state index in [2.05, 4.69) is 88.4 Å². The standard InChI is InChI=1S/C19H22BrNO/c1-16(19(14-20)15-22-19)21(12-17-8-4-2-5-9-17)13-18-10-6-3-7-11-18/h2-11,16H,12-15H2,1H3/t16-,19+/m0/s1. The van der Waals surface area contributed by atoms with Gasteiger partial charge in [0, 0.05) is 24.5 Å². The zero-order valence-corrected chi connectivity index (χ0v) is 14.5. The molecule has 0 amide bonds. The molecule has 0 aliphatic carbocycles. The Morgan fingerprint density at radius 3 is 1.82 bits per heavy atom. The zero-order chi connectivity index (χ0) is 15.4. The Kier molecular flexibility index (Phi) is 4.97. The molecule has 2 atom stereocenters. The number of epoxide rings is 1. The molecule has 2 aromatic carbocycles. The summed E-state index contributed by atoms with van der Waals surface area (Å²) in [4.78, 5) is 2.51. The molecule has 2 aromatic rings. The summed E-state index contributed by atoms with van der Waals surface area (Å²) < 4.78 is 5.77. The van der Waals surface area contributed by atoms with E-state index in [4.69, 9.17) is 4.74 Å². The molecule has 0 N–H and O–H groups in total. The van der Waals surface area contributed by atoms with Gasteiger partial charge < -0.3 is 4.74 Å². The molecule has 22 heavy (non-hydrogen) atoms. The Morgan fingerprint density at radius 2 is 1.45 bits per heavy atom. The van der Waals surface area contributed by atoms with E-state index in [1.807, 2.05) is 0 Å². The molecule has 0 radical (unpaired) electrons. The largest absolute Gasteiger partial charge is 0.367 e. The summed E-state index contributed by atoms with van der Waals surface area (Å²) >= 11 is 3.62. The Hall–Kier alpha value is -1.16. The molecule has 1 heterocycles. The predicted molar refractivity (Wildman–Crippen MR) is 94.1 cm³/mol. The third-order valence-corrected chi connectivity index (χ3v) is 5.46. The van der Waals surface area contributed by atoms with E-state index in [1.165, 1.54) is 11.1 Å². The number of rotatable bonds is 7. The first-order chi connectivity index (χ1) is 10.7. The van der Waals surface area contributed by atoms with Crippen molar-refractivity contribution in [1.29, 1.82) is 0 Å². The molecule has 1 fully saturated rings. The molecule has 0 aromatic heterocycles. The predicted octanol–water partition coefficient (Wildman–Crippen LogP) is 4.24. The molecule has 3 heteroatoms. The third-order valence-electron chi connectivity index (χ3n) is 4.51. The van der Waals surface area contributed by atoms with E-state index in [1.54, 1.807) is 0 Å². The molecule has 0 spiro atoms. The number of hydrogen-bond donors (Lipinski definition) is 0. The third kappa shape index (κ3) is 3.60. The van der Waals surface area contributed by atoms with Gasteiger partial charge in [-0.25, -0.2) is 0 Å². The number of benzene rings is 2. The van der Waals surface area contributed by atoms with E-state index in [-0.39, 0.29) is 5.60 Å². The maximum atomic E-state index is 5.77. The monoisotopic (exact) mass is 359 g/mol. The molecule has 2 nitrogen and oxygen atoms in total. The van der Waals surface area contributed by atoms with E-state index >= 15 is 0 Å². The number of halogens is 1. The highest BCUT2D eigenvalue weighted by molar-refractivity contribution is 9.09. The van der Waals surface area contributed by atoms with E-state index in [9.17, 15) is 0 Å². The van der Waals surface area contributed by atoms with Crippen LogP contribution in [-0.2, 0) is 17.8 Å². The van der Waals surface area contributed by atoms with Crippen molar-refractivity contribution in [2.45, 2.75) is 31.7 Å². The van der Waals surface area contributed by atoms with Gasteiger partial charge in [-0.05, 0) is 18.1 Å². The molecule has 1 aliphatic heterocycles. The van der Waals surface area contributed by atoms with Crippen molar-refractivity contribution in [3.8, 4) is 0 Å². The van der Waals surface area contributed by atoms with E-state index in [0.29, 0.717) is 6.04 Å². The van der Waals surface area contributed by atoms with Crippen LogP contribution in [0.25, 0.3) is 0 Å². The van der Waals surface area contributed by atoms with Gasteiger partial charge in [0.15, 0.2) is 0 Å². The van der Waals surface area contributed by atoms with Gasteiger partial charge in [0.25, 0.3) is 0 Å². The van der Waals surface area contributed by atoms with Crippen LogP contribution < -0.4 is 0 Å². The summed E-state index contributed by atoms with van der Waals surface area (Å²) in [6.07, 6.45) is 0. The van der Waals surface area contributed by atoms with Crippen LogP contribution in [-0.4, -0.2) is 28.5 Å². The molecule has 3 rings (SSSR count). The fourth-order valence-corrected chi connectivity index (χ4v) is 3.61. The summed E-state index contributed by atoms with van der Waals surface area (Å²) in [6, 6.07) is 21.7. The summed E-state index contributed by atoms with van der Waals surface area (Å²) in [6.45, 7) is 5.00. The highest BCUT2D eigenvalue weighted by Crippen LogP contribution is 2.36. The lowest BCUT2D eigenvalue weighted by Crippen LogP contribution is -2.44. The fourth-order valence-electron chi connectivity index (χ4n) is 2.82. The average Bonchev–Trinajstić information content (AvgIpc) is 3.37. The van der Waals surface area contributed by atoms with Crippen molar-refractivity contribution >= 4 is 15.9 Å². The quantitative estimate of drug-likeness (QED) is 0.542. The van der Waals surface area contributed by atoms with Gasteiger partial charge >= 0.3 is 0 Å². The van der Waals surface area contributed by atoms with Gasteiger partial charge in [-0.1, -0.05) is 76.6 Å². The van der Waals surface area contributed by atoms with Crippen LogP contribution in [0.3, 0.4) is 0 Å². The molecule has 0 unspecified atom stereocenters. The lowest BCUT2D eigenvalue weighted by Gasteiger charge is -2.32. The van der Waals surface area contributed by atoms with Gasteiger partial charge in [-0.15, -0.1) is 0 Å². The summed E-state index contributed by atoms with van der Waals surface area (Å²) in [7, 11) is 0. The topological polar surface area (TPSA) is 15.8 Å². The first-order valence-electron chi connectivity index (χ1n) is 7.75. The molecule has 1 aliphatic rings. The molecule has 116 valence electrons. The average molecular weight is 360 g/mol. The van der Waals surface area contributed by atoms with Crippen molar-refractivity contribution < 1.29 is 4.74 Å². The van der Waals surface area contributed by atoms with E-state index < -0.39 is 0 Å². The molecule has 0 saturated carbocycles. The zero-order valence-electron chi connectivity index (χ0n) is 12.9. The summed E-state index contributed by atoms with van der Waals surface area (Å²) in [5.74, 6) is 0.